The Morgan fingerprint density at radius 3 is 0.207 bits per heavy atom. The lowest BCUT2D eigenvalue weighted by molar-refractivity contribution is 0.216. The van der Waals surface area contributed by atoms with Gasteiger partial charge in [-0.25, -0.2) is 52.7 Å². The number of hydrogen-bond donors (Lipinski definition) is 0. The highest BCUT2D eigenvalue weighted by Gasteiger charge is 2.31. The second-order valence-electron chi connectivity index (χ2n) is 31.8. The van der Waals surface area contributed by atoms with Gasteiger partial charge in [-0.05, 0) is 0 Å². The molecule has 0 unspecified atom stereocenters. The van der Waals surface area contributed by atoms with E-state index in [0.717, 1.165) is 0 Å². The topological polar surface area (TPSA) is 25.9 Å². The molecular formula is C96H84F12N8. The van der Waals surface area contributed by atoms with Crippen LogP contribution in [0.15, 0.2) is 218 Å². The Labute approximate surface area is 667 Å². The fraction of sp³-hybridized carbons (Fsp3) is 0.250. The van der Waals surface area contributed by atoms with E-state index in [2.05, 4.69) is 0 Å². The van der Waals surface area contributed by atoms with E-state index in [0.29, 0.717) is 0 Å². The van der Waals surface area contributed by atoms with Gasteiger partial charge in [-0.15, -0.1) is 0 Å². The summed E-state index contributed by atoms with van der Waals surface area (Å²) in [6.07, 6.45) is 0. The maximum absolute atomic E-state index is 17.6. The number of benzene rings is 12. The minimum absolute atomic E-state index is 0.0801. The van der Waals surface area contributed by atoms with Crippen LogP contribution in [0.25, 0.3) is 0 Å². The molecule has 8 nitrogen and oxygen atoms in total. The van der Waals surface area contributed by atoms with Gasteiger partial charge in [0, 0.05) is 291 Å². The summed E-state index contributed by atoms with van der Waals surface area (Å²) in [4.78, 5) is 14.1. The van der Waals surface area contributed by atoms with Crippen LogP contribution in [-0.4, -0.2) is 39.2 Å². The number of hydrogen-bond acceptors (Lipinski definition) is 8. The maximum atomic E-state index is 17.6. The Morgan fingerprint density at radius 2 is 0.155 bits per heavy atom. The molecule has 0 atom stereocenters. The summed E-state index contributed by atoms with van der Waals surface area (Å²) in [5.41, 5.74) is 5.79. The predicted octanol–water partition coefficient (Wildman–Crippen LogP) is 20.5. The first-order valence-corrected chi connectivity index (χ1v) is 39.3. The summed E-state index contributed by atoms with van der Waals surface area (Å²) in [7, 11) is 0. The molecule has 0 amide bonds. The quantitative estimate of drug-likeness (QED) is 0.139. The predicted molar refractivity (Wildman–Crippen MR) is 420 cm³/mol. The highest BCUT2D eigenvalue weighted by Crippen LogP contribution is 2.36. The molecule has 6 aliphatic rings. The van der Waals surface area contributed by atoms with Gasteiger partial charge in [-0.1, -0.05) is 218 Å². The van der Waals surface area contributed by atoms with Gasteiger partial charge in [0.05, 0.1) is 0 Å². The van der Waals surface area contributed by atoms with Crippen molar-refractivity contribution in [3.8, 4) is 0 Å². The van der Waals surface area contributed by atoms with Crippen molar-refractivity contribution in [2.75, 3.05) is 0 Å². The molecule has 0 fully saturated rings. The largest absolute Gasteiger partial charge is 0.290 e. The average molecular weight is 1580 g/mol. The van der Waals surface area contributed by atoms with Crippen LogP contribution in [0.5, 0.6) is 0 Å². The first-order valence-electron chi connectivity index (χ1n) is 39.3. The zero-order chi connectivity index (χ0) is 79.8. The van der Waals surface area contributed by atoms with E-state index in [4.69, 9.17) is 0 Å². The minimum atomic E-state index is -0.603. The van der Waals surface area contributed by atoms with Crippen molar-refractivity contribution in [2.24, 2.45) is 0 Å². The van der Waals surface area contributed by atoms with E-state index >= 15 is 52.7 Å². The van der Waals surface area contributed by atoms with Gasteiger partial charge in [0.25, 0.3) is 0 Å². The fourth-order valence-electron chi connectivity index (χ4n) is 17.6. The lowest BCUT2D eigenvalue weighted by Gasteiger charge is -2.29. The third-order valence-corrected chi connectivity index (χ3v) is 23.4. The van der Waals surface area contributed by atoms with Gasteiger partial charge in [0.15, 0.2) is 0 Å². The molecule has 0 radical (unpaired) electrons. The summed E-state index contributed by atoms with van der Waals surface area (Å²) >= 11 is 0. The number of fused-ring (bicyclic) bond motifs is 6. The van der Waals surface area contributed by atoms with E-state index in [-0.39, 0.29) is 291 Å². The molecular weight excluding hydrogens is 1490 g/mol. The van der Waals surface area contributed by atoms with Gasteiger partial charge in [-0.3, -0.25) is 39.2 Å². The van der Waals surface area contributed by atoms with Crippen molar-refractivity contribution in [1.82, 2.24) is 39.2 Å². The molecule has 0 spiro atoms. The van der Waals surface area contributed by atoms with Crippen molar-refractivity contribution in [2.45, 2.75) is 157 Å². The van der Waals surface area contributed by atoms with Crippen molar-refractivity contribution in [3.63, 3.8) is 0 Å². The van der Waals surface area contributed by atoms with Crippen LogP contribution in [0.1, 0.15) is 134 Å². The summed E-state index contributed by atoms with van der Waals surface area (Å²) in [6, 6.07) is 59.4. The molecule has 6 heterocycles. The number of nitrogens with zero attached hydrogens (tertiary/aromatic N) is 8. The summed E-state index contributed by atoms with van der Waals surface area (Å²) < 4.78 is 209. The lowest BCUT2D eigenvalue weighted by atomic mass is 10.0. The summed E-state index contributed by atoms with van der Waals surface area (Å²) in [5.74, 6) is -6.74. The fourth-order valence-corrected chi connectivity index (χ4v) is 17.6. The van der Waals surface area contributed by atoms with E-state index in [1.165, 1.54) is 0 Å². The van der Waals surface area contributed by atoms with Crippen LogP contribution in [-0.2, 0) is 157 Å². The first kappa shape index (κ1) is 78.0. The molecule has 0 aromatic heterocycles. The van der Waals surface area contributed by atoms with Gasteiger partial charge in [-0.2, -0.15) is 0 Å². The van der Waals surface area contributed by atoms with Crippen molar-refractivity contribution >= 4 is 0 Å². The molecule has 12 aromatic carbocycles. The average Bonchev–Trinajstić information content (AvgIpc) is 0.807. The van der Waals surface area contributed by atoms with E-state index in [1.807, 2.05) is 0 Å². The first-order chi connectivity index (χ1) is 56.3. The van der Waals surface area contributed by atoms with E-state index < -0.39 is 69.8 Å². The highest BCUT2D eigenvalue weighted by atomic mass is 19.2. The molecule has 0 saturated heterocycles. The molecule has 592 valence electrons. The lowest BCUT2D eigenvalue weighted by Crippen LogP contribution is -2.29. The monoisotopic (exact) mass is 1580 g/mol. The highest BCUT2D eigenvalue weighted by molar-refractivity contribution is 5.39. The minimum Gasteiger partial charge on any atom is -0.290 e. The van der Waals surface area contributed by atoms with Crippen LogP contribution in [0.3, 0.4) is 0 Å². The van der Waals surface area contributed by atoms with E-state index in [9.17, 15) is 0 Å². The van der Waals surface area contributed by atoms with Gasteiger partial charge >= 0.3 is 0 Å². The smallest absolute Gasteiger partial charge is 0.132 e. The zero-order valence-electron chi connectivity index (χ0n) is 63.9. The molecule has 116 heavy (non-hydrogen) atoms. The SMILES string of the molecule is Fc1c2cccc1CN1Cc3cccc(c3F)CN(C2)Cc2cccc(c2F)CN2Cc3cccc(c3F)CN(Cc3cccc(c3F)C2)Cc2cccc(c2F)CN2Cc3cccc(c3F)CN(Cc3cccc(c3F)C2)Cc2cccc(c2F)CN2Cc3cccc(c3F)CN(Cc3cccc(c3F)C2)Cc2cccc(c2F)C1. The molecule has 32 bridgehead atoms. The van der Waals surface area contributed by atoms with Crippen molar-refractivity contribution < 1.29 is 52.7 Å². The van der Waals surface area contributed by atoms with Crippen LogP contribution in [0, 0.1) is 69.8 Å². The van der Waals surface area contributed by atoms with Gasteiger partial charge in [0.2, 0.25) is 0 Å². The molecule has 12 aromatic rings. The molecule has 20 heteroatoms. The standard InChI is InChI=1S/C96H84F12N8/c97-85-61-13-1-14-62(85)38-110-40-64-16-2-15-63(86(64)98)39-109(37-61)53-77-29-9-31-79(93(77)105)55-111-41-65-17-3-21-69(87(65)99)45-113(46-70-22-4-18-66(42-111)88(70)100)57-81-33-11-35-83(95(81)107)59-115-49-73-25-7-27-75(91(73)103)51-116(52-76-28-8-26-74(50-115)92(76)104)60-84-36-12-34-82(96(84)108)58-114-47-71-23-5-19-67(89(71)101)43-112(44-68-20-6-24-72(48-114)90(68)102)56-80-32-10-30-78(54-110)94(80)106/h1-36H,37-60H2. The van der Waals surface area contributed by atoms with Crippen LogP contribution >= 0.6 is 0 Å². The van der Waals surface area contributed by atoms with Gasteiger partial charge < -0.3 is 0 Å². The summed E-state index contributed by atoms with van der Waals surface area (Å²) in [6.45, 7) is -2.10. The van der Waals surface area contributed by atoms with Crippen LogP contribution in [0.2, 0.25) is 0 Å². The summed E-state index contributed by atoms with van der Waals surface area (Å²) in [5, 5.41) is 0. The Kier molecular flexibility index (Phi) is 22.8. The zero-order valence-corrected chi connectivity index (χ0v) is 63.9. The Hall–Kier alpha value is -10.5. The second-order valence-corrected chi connectivity index (χ2v) is 31.8. The maximum Gasteiger partial charge on any atom is 0.132 e. The normalized spacial score (nSPS) is 20.8. The third kappa shape index (κ3) is 16.9. The molecule has 0 aliphatic carbocycles. The molecule has 0 saturated carbocycles. The Balaban J connectivity index is 0.735. The van der Waals surface area contributed by atoms with Gasteiger partial charge in [0.1, 0.15) is 69.8 Å². The molecule has 18 rings (SSSR count). The second kappa shape index (κ2) is 34.0. The molecule has 0 N–H and O–H groups in total. The van der Waals surface area contributed by atoms with Crippen molar-refractivity contribution in [1.29, 1.82) is 0 Å². The van der Waals surface area contributed by atoms with E-state index in [1.54, 1.807) is 258 Å². The van der Waals surface area contributed by atoms with Crippen LogP contribution in [0.4, 0.5) is 52.7 Å². The Morgan fingerprint density at radius 1 is 0.103 bits per heavy atom. The number of rotatable bonds is 0. The van der Waals surface area contributed by atoms with Crippen LogP contribution < -0.4 is 0 Å². The molecule has 6 aliphatic heterocycles. The third-order valence-electron chi connectivity index (χ3n) is 23.4. The number of halogens is 12. The van der Waals surface area contributed by atoms with Crippen molar-refractivity contribution in [3.05, 3.63) is 422 Å². The Bertz CT molecular complexity index is 4490.